The summed E-state index contributed by atoms with van der Waals surface area (Å²) in [6, 6.07) is 10.3. The minimum absolute atomic E-state index is 0. The number of nitrogens with one attached hydrogen (secondary N) is 1. The molecule has 1 aromatic carbocycles. The van der Waals surface area contributed by atoms with E-state index in [1.165, 1.54) is 0 Å². The SMILES string of the molecule is Cl.O=S(=O)(CCc1ccccc1)N1C2CCNCC1CC2. The highest BCUT2D eigenvalue weighted by atomic mass is 35.5. The topological polar surface area (TPSA) is 49.4 Å². The first kappa shape index (κ1) is 16.7. The van der Waals surface area contributed by atoms with Gasteiger partial charge in [-0.1, -0.05) is 30.3 Å². The molecule has 118 valence electrons. The molecule has 2 bridgehead atoms. The molecule has 0 amide bonds. The number of aryl methyl sites for hydroxylation is 1. The van der Waals surface area contributed by atoms with Gasteiger partial charge in [0.1, 0.15) is 0 Å². The molecule has 0 spiro atoms. The lowest BCUT2D eigenvalue weighted by Crippen LogP contribution is -2.43. The van der Waals surface area contributed by atoms with E-state index in [-0.39, 0.29) is 30.2 Å². The zero-order valence-electron chi connectivity index (χ0n) is 12.1. The van der Waals surface area contributed by atoms with Crippen molar-refractivity contribution in [3.63, 3.8) is 0 Å². The maximum atomic E-state index is 12.7. The summed E-state index contributed by atoms with van der Waals surface area (Å²) in [4.78, 5) is 0. The molecule has 0 aliphatic carbocycles. The molecule has 2 saturated heterocycles. The number of sulfonamides is 1. The predicted molar refractivity (Wildman–Crippen MR) is 87.3 cm³/mol. The predicted octanol–water partition coefficient (Wildman–Crippen LogP) is 1.81. The van der Waals surface area contributed by atoms with Crippen molar-refractivity contribution in [2.45, 2.75) is 37.8 Å². The molecule has 6 heteroatoms. The molecule has 2 unspecified atom stereocenters. The van der Waals surface area contributed by atoms with Crippen LogP contribution in [0, 0.1) is 0 Å². The summed E-state index contributed by atoms with van der Waals surface area (Å²) in [6.45, 7) is 1.74. The van der Waals surface area contributed by atoms with Crippen LogP contribution in [0.5, 0.6) is 0 Å². The Morgan fingerprint density at radius 3 is 2.57 bits per heavy atom. The third kappa shape index (κ3) is 3.77. The summed E-state index contributed by atoms with van der Waals surface area (Å²) in [6.07, 6.45) is 3.58. The van der Waals surface area contributed by atoms with Crippen LogP contribution in [-0.4, -0.2) is 43.6 Å². The summed E-state index contributed by atoms with van der Waals surface area (Å²) >= 11 is 0. The maximum absolute atomic E-state index is 12.7. The van der Waals surface area contributed by atoms with Gasteiger partial charge in [-0.15, -0.1) is 12.4 Å². The van der Waals surface area contributed by atoms with Gasteiger partial charge < -0.3 is 5.32 Å². The molecular formula is C15H23ClN2O2S. The molecule has 21 heavy (non-hydrogen) atoms. The number of fused-ring (bicyclic) bond motifs is 2. The summed E-state index contributed by atoms with van der Waals surface area (Å²) in [5.74, 6) is 0.226. The summed E-state index contributed by atoms with van der Waals surface area (Å²) < 4.78 is 27.2. The molecule has 2 atom stereocenters. The molecule has 2 fully saturated rings. The normalized spacial score (nSPS) is 26.1. The number of benzene rings is 1. The number of hydrogen-bond acceptors (Lipinski definition) is 3. The number of rotatable bonds is 4. The molecular weight excluding hydrogens is 308 g/mol. The molecule has 4 nitrogen and oxygen atoms in total. The van der Waals surface area contributed by atoms with Crippen LogP contribution >= 0.6 is 12.4 Å². The second kappa shape index (κ2) is 7.09. The van der Waals surface area contributed by atoms with Crippen molar-refractivity contribution in [1.29, 1.82) is 0 Å². The quantitative estimate of drug-likeness (QED) is 0.916. The van der Waals surface area contributed by atoms with Crippen LogP contribution in [0.25, 0.3) is 0 Å². The van der Waals surface area contributed by atoms with Crippen molar-refractivity contribution in [1.82, 2.24) is 9.62 Å². The van der Waals surface area contributed by atoms with Crippen molar-refractivity contribution in [2.24, 2.45) is 0 Å². The first-order chi connectivity index (χ1) is 9.67. The van der Waals surface area contributed by atoms with E-state index in [4.69, 9.17) is 0 Å². The average molecular weight is 331 g/mol. The van der Waals surface area contributed by atoms with Crippen LogP contribution in [0.3, 0.4) is 0 Å². The van der Waals surface area contributed by atoms with E-state index in [0.29, 0.717) is 6.42 Å². The Morgan fingerprint density at radius 1 is 1.10 bits per heavy atom. The highest BCUT2D eigenvalue weighted by Crippen LogP contribution is 2.31. The fourth-order valence-corrected chi connectivity index (χ4v) is 5.39. The lowest BCUT2D eigenvalue weighted by atomic mass is 10.1. The van der Waals surface area contributed by atoms with E-state index in [2.05, 4.69) is 5.32 Å². The molecule has 2 heterocycles. The van der Waals surface area contributed by atoms with E-state index in [1.807, 2.05) is 34.6 Å². The largest absolute Gasteiger partial charge is 0.315 e. The van der Waals surface area contributed by atoms with Gasteiger partial charge in [-0.3, -0.25) is 0 Å². The Morgan fingerprint density at radius 2 is 1.81 bits per heavy atom. The Labute approximate surface area is 133 Å². The molecule has 1 aromatic rings. The van der Waals surface area contributed by atoms with Crippen molar-refractivity contribution in [2.75, 3.05) is 18.8 Å². The Bertz CT molecular complexity index is 536. The lowest BCUT2D eigenvalue weighted by Gasteiger charge is -2.26. The van der Waals surface area contributed by atoms with Crippen molar-refractivity contribution < 1.29 is 8.42 Å². The second-order valence-corrected chi connectivity index (χ2v) is 7.75. The van der Waals surface area contributed by atoms with E-state index in [9.17, 15) is 8.42 Å². The fourth-order valence-electron chi connectivity index (χ4n) is 3.39. The van der Waals surface area contributed by atoms with Crippen LogP contribution in [0.15, 0.2) is 30.3 Å². The monoisotopic (exact) mass is 330 g/mol. The first-order valence-corrected chi connectivity index (χ1v) is 9.03. The third-order valence-corrected chi connectivity index (χ3v) is 6.36. The summed E-state index contributed by atoms with van der Waals surface area (Å²) in [5.41, 5.74) is 1.09. The molecule has 3 rings (SSSR count). The summed E-state index contributed by atoms with van der Waals surface area (Å²) in [7, 11) is -3.15. The van der Waals surface area contributed by atoms with Gasteiger partial charge in [-0.05, 0) is 37.8 Å². The van der Waals surface area contributed by atoms with Gasteiger partial charge in [0.05, 0.1) is 5.75 Å². The number of halogens is 1. The van der Waals surface area contributed by atoms with Crippen LogP contribution in [0.2, 0.25) is 0 Å². The zero-order chi connectivity index (χ0) is 14.0. The van der Waals surface area contributed by atoms with Crippen LogP contribution < -0.4 is 5.32 Å². The van der Waals surface area contributed by atoms with Gasteiger partial charge >= 0.3 is 0 Å². The van der Waals surface area contributed by atoms with Crippen molar-refractivity contribution in [3.05, 3.63) is 35.9 Å². The summed E-state index contributed by atoms with van der Waals surface area (Å²) in [5, 5.41) is 3.35. The standard InChI is InChI=1S/C15H22N2O2S.ClH/c18-20(19,11-9-13-4-2-1-3-5-13)17-14-6-7-15(17)12-16-10-8-14;/h1-5,14-16H,6-12H2;1H. The molecule has 2 aliphatic heterocycles. The Balaban J connectivity index is 0.00000161. The molecule has 2 aliphatic rings. The van der Waals surface area contributed by atoms with Gasteiger partial charge in [0, 0.05) is 18.6 Å². The van der Waals surface area contributed by atoms with E-state index in [0.717, 1.165) is 37.9 Å². The number of nitrogens with zero attached hydrogens (tertiary/aromatic N) is 1. The average Bonchev–Trinajstić information content (AvgIpc) is 2.72. The highest BCUT2D eigenvalue weighted by molar-refractivity contribution is 7.89. The Kier molecular flexibility index (Phi) is 5.66. The first-order valence-electron chi connectivity index (χ1n) is 7.43. The van der Waals surface area contributed by atoms with Crippen molar-refractivity contribution >= 4 is 22.4 Å². The molecule has 1 N–H and O–H groups in total. The van der Waals surface area contributed by atoms with E-state index >= 15 is 0 Å². The van der Waals surface area contributed by atoms with Crippen LogP contribution in [0.4, 0.5) is 0 Å². The van der Waals surface area contributed by atoms with Gasteiger partial charge in [0.2, 0.25) is 10.0 Å². The van der Waals surface area contributed by atoms with Gasteiger partial charge in [-0.2, -0.15) is 4.31 Å². The minimum atomic E-state index is -3.15. The van der Waals surface area contributed by atoms with E-state index in [1.54, 1.807) is 0 Å². The van der Waals surface area contributed by atoms with Crippen LogP contribution in [-0.2, 0) is 16.4 Å². The van der Waals surface area contributed by atoms with Gasteiger partial charge in [-0.25, -0.2) is 8.42 Å². The number of hydrogen-bond donors (Lipinski definition) is 1. The maximum Gasteiger partial charge on any atom is 0.214 e. The van der Waals surface area contributed by atoms with E-state index < -0.39 is 10.0 Å². The minimum Gasteiger partial charge on any atom is -0.315 e. The van der Waals surface area contributed by atoms with Crippen molar-refractivity contribution in [3.8, 4) is 0 Å². The smallest absolute Gasteiger partial charge is 0.214 e. The fraction of sp³-hybridized carbons (Fsp3) is 0.600. The lowest BCUT2D eigenvalue weighted by molar-refractivity contribution is 0.334. The molecule has 0 radical (unpaired) electrons. The van der Waals surface area contributed by atoms with Crippen LogP contribution in [0.1, 0.15) is 24.8 Å². The highest BCUT2D eigenvalue weighted by Gasteiger charge is 2.41. The van der Waals surface area contributed by atoms with Gasteiger partial charge in [0.25, 0.3) is 0 Å². The zero-order valence-corrected chi connectivity index (χ0v) is 13.7. The molecule has 0 saturated carbocycles. The molecule has 0 aromatic heterocycles. The second-order valence-electron chi connectivity index (χ2n) is 5.76. The Hall–Kier alpha value is -0.620. The third-order valence-electron chi connectivity index (χ3n) is 4.40. The van der Waals surface area contributed by atoms with Gasteiger partial charge in [0.15, 0.2) is 0 Å².